The molecule has 13 nitrogen and oxygen atoms in total. The van der Waals surface area contributed by atoms with Crippen LogP contribution >= 0.6 is 0 Å². The van der Waals surface area contributed by atoms with E-state index in [1.54, 1.807) is 27.9 Å². The van der Waals surface area contributed by atoms with E-state index in [0.717, 1.165) is 0 Å². The highest BCUT2D eigenvalue weighted by Gasteiger charge is 2.64. The molecule has 5 rings (SSSR count). The minimum Gasteiger partial charge on any atom is -0.387 e. The molecule has 5 fully saturated rings. The zero-order valence-corrected chi connectivity index (χ0v) is 30.7. The smallest absolute Gasteiger partial charge is 0.286 e. The summed E-state index contributed by atoms with van der Waals surface area (Å²) in [5.74, 6) is -3.95. The summed E-state index contributed by atoms with van der Waals surface area (Å²) >= 11 is 0. The number of fused-ring (bicyclic) bond motifs is 4. The number of methoxy groups -OCH3 is 1. The lowest BCUT2D eigenvalue weighted by molar-refractivity contribution is -0.481. The van der Waals surface area contributed by atoms with Crippen molar-refractivity contribution in [2.75, 3.05) is 7.11 Å². The van der Waals surface area contributed by atoms with Crippen LogP contribution in [0.5, 0.6) is 0 Å². The third-order valence-corrected chi connectivity index (χ3v) is 12.3. The summed E-state index contributed by atoms with van der Waals surface area (Å²) in [6.07, 6.45) is -6.63. The maximum atomic E-state index is 12.4. The highest BCUT2D eigenvalue weighted by Crippen LogP contribution is 2.52. The highest BCUT2D eigenvalue weighted by atomic mass is 16.8. The van der Waals surface area contributed by atoms with Gasteiger partial charge in [0.1, 0.15) is 17.8 Å². The van der Waals surface area contributed by atoms with Crippen LogP contribution in [-0.4, -0.2) is 124 Å². The molecule has 0 aromatic rings. The Morgan fingerprint density at radius 1 is 0.875 bits per heavy atom. The molecule has 0 aliphatic carbocycles. The number of hydrogen-bond donors (Lipinski definition) is 5. The molecule has 48 heavy (non-hydrogen) atoms. The van der Waals surface area contributed by atoms with Crippen molar-refractivity contribution in [2.24, 2.45) is 29.4 Å². The van der Waals surface area contributed by atoms with Crippen LogP contribution in [0, 0.1) is 23.7 Å². The standard InChI is InChI=1S/C35H63NO12/c1-12-23-34(10,39)30-18(4)26-16(2)14-33(9,47-26)29(45-31-25(37)22(36)13-17(3)42-31)19(5)27(20(6)35(40,46-23)48-30)44-24-15-32(8,41-11)28(38)21(7)43-24/h16-31,37-40H,12-15,36H2,1-11H3/t16-,17?,18-,19-,20+,21?,22?,23+,24-,25?,26?,27-,28-,29+,30+,31-,32?,33-,34+,35-/m0/s1. The molecular weight excluding hydrogens is 626 g/mol. The highest BCUT2D eigenvalue weighted by molar-refractivity contribution is 5.07. The fourth-order valence-corrected chi connectivity index (χ4v) is 9.42. The van der Waals surface area contributed by atoms with E-state index in [4.69, 9.17) is 43.6 Å². The average molecular weight is 690 g/mol. The van der Waals surface area contributed by atoms with Gasteiger partial charge in [0.2, 0.25) is 0 Å². The van der Waals surface area contributed by atoms with E-state index in [2.05, 4.69) is 6.92 Å². The molecule has 0 saturated carbocycles. The number of aliphatic hydroxyl groups is 4. The maximum Gasteiger partial charge on any atom is 0.286 e. The lowest BCUT2D eigenvalue weighted by Crippen LogP contribution is -2.69. The molecule has 5 aliphatic rings. The first-order chi connectivity index (χ1) is 22.2. The molecular formula is C35H63NO12. The first-order valence-electron chi connectivity index (χ1n) is 18.0. The Bertz CT molecular complexity index is 1120. The van der Waals surface area contributed by atoms with Gasteiger partial charge in [-0.05, 0) is 59.8 Å². The number of ether oxygens (including phenoxy) is 8. The van der Waals surface area contributed by atoms with E-state index in [9.17, 15) is 20.4 Å². The Balaban J connectivity index is 1.62. The van der Waals surface area contributed by atoms with E-state index in [1.165, 1.54) is 0 Å². The van der Waals surface area contributed by atoms with Crippen LogP contribution in [-0.2, 0) is 37.9 Å². The van der Waals surface area contributed by atoms with Crippen molar-refractivity contribution in [2.45, 2.75) is 191 Å². The summed E-state index contributed by atoms with van der Waals surface area (Å²) < 4.78 is 51.6. The minimum atomic E-state index is -2.18. The van der Waals surface area contributed by atoms with Gasteiger partial charge in [-0.15, -0.1) is 0 Å². The predicted molar refractivity (Wildman–Crippen MR) is 173 cm³/mol. The predicted octanol–water partition coefficient (Wildman–Crippen LogP) is 2.18. The van der Waals surface area contributed by atoms with Crippen LogP contribution in [0.2, 0.25) is 0 Å². The largest absolute Gasteiger partial charge is 0.387 e. The first-order valence-corrected chi connectivity index (χ1v) is 18.0. The molecule has 0 aromatic carbocycles. The van der Waals surface area contributed by atoms with Crippen molar-refractivity contribution in [1.29, 1.82) is 0 Å². The molecule has 0 radical (unpaired) electrons. The Morgan fingerprint density at radius 3 is 2.17 bits per heavy atom. The summed E-state index contributed by atoms with van der Waals surface area (Å²) in [6.45, 7) is 18.9. The summed E-state index contributed by atoms with van der Waals surface area (Å²) in [5.41, 5.74) is 3.01. The van der Waals surface area contributed by atoms with Crippen molar-refractivity contribution >= 4 is 0 Å². The number of nitrogens with two attached hydrogens (primary N) is 1. The van der Waals surface area contributed by atoms with Gasteiger partial charge in [0.25, 0.3) is 5.97 Å². The molecule has 0 aromatic heterocycles. The maximum absolute atomic E-state index is 12.4. The van der Waals surface area contributed by atoms with Gasteiger partial charge in [0, 0.05) is 31.4 Å². The van der Waals surface area contributed by atoms with Gasteiger partial charge in [-0.3, -0.25) is 0 Å². The lowest BCUT2D eigenvalue weighted by atomic mass is 9.74. The van der Waals surface area contributed by atoms with Gasteiger partial charge in [-0.2, -0.15) is 0 Å². The number of rotatable bonds is 6. The molecule has 4 bridgehead atoms. The lowest BCUT2D eigenvalue weighted by Gasteiger charge is -2.55. The molecule has 20 atom stereocenters. The second-order valence-electron chi connectivity index (χ2n) is 16.3. The van der Waals surface area contributed by atoms with E-state index < -0.39 is 96.0 Å². The summed E-state index contributed by atoms with van der Waals surface area (Å²) in [5, 5.41) is 46.4. The van der Waals surface area contributed by atoms with E-state index in [-0.39, 0.29) is 30.5 Å². The van der Waals surface area contributed by atoms with Crippen LogP contribution in [0.1, 0.15) is 94.9 Å². The van der Waals surface area contributed by atoms with Gasteiger partial charge >= 0.3 is 0 Å². The Kier molecular flexibility index (Phi) is 11.1. The molecule has 5 saturated heterocycles. The van der Waals surface area contributed by atoms with Gasteiger partial charge in [-0.1, -0.05) is 34.6 Å². The van der Waals surface area contributed by atoms with Crippen LogP contribution in [0.4, 0.5) is 0 Å². The summed E-state index contributed by atoms with van der Waals surface area (Å²) in [6, 6.07) is -0.544. The summed E-state index contributed by atoms with van der Waals surface area (Å²) in [7, 11) is 1.54. The first kappa shape index (κ1) is 38.7. The molecule has 0 amide bonds. The molecule has 6 N–H and O–H groups in total. The fourth-order valence-electron chi connectivity index (χ4n) is 9.42. The average Bonchev–Trinajstić information content (AvgIpc) is 3.33. The number of hydrogen-bond acceptors (Lipinski definition) is 13. The quantitative estimate of drug-likeness (QED) is 0.274. The van der Waals surface area contributed by atoms with Gasteiger partial charge in [0.15, 0.2) is 12.6 Å². The molecule has 0 spiro atoms. The van der Waals surface area contributed by atoms with Crippen molar-refractivity contribution < 1.29 is 58.3 Å². The van der Waals surface area contributed by atoms with Gasteiger partial charge < -0.3 is 64.1 Å². The summed E-state index contributed by atoms with van der Waals surface area (Å²) in [4.78, 5) is 0. The van der Waals surface area contributed by atoms with Crippen LogP contribution < -0.4 is 5.73 Å². The van der Waals surface area contributed by atoms with Crippen LogP contribution in [0.3, 0.4) is 0 Å². The SMILES string of the molecule is CC[C@H]1O[C@]2(O)O[C@H]([C@@H](C)C3O[C@@](C)(C[C@@H]3C)[C@H](O[C@@H]3OC(C)CC(N)C3O)[C@@H](C)[C@H](O[C@H]3CC(C)(OC)[C@@H](O)C(C)O3)[C@H]2C)[C@]1(C)O. The van der Waals surface area contributed by atoms with E-state index in [1.807, 2.05) is 41.5 Å². The van der Waals surface area contributed by atoms with Crippen molar-refractivity contribution in [3.05, 3.63) is 0 Å². The normalized spacial score (nSPS) is 58.0. The molecule has 13 heteroatoms. The third-order valence-electron chi connectivity index (χ3n) is 12.3. The van der Waals surface area contributed by atoms with Crippen molar-refractivity contribution in [3.8, 4) is 0 Å². The van der Waals surface area contributed by atoms with Crippen LogP contribution in [0.15, 0.2) is 0 Å². The van der Waals surface area contributed by atoms with Crippen LogP contribution in [0.25, 0.3) is 0 Å². The van der Waals surface area contributed by atoms with Gasteiger partial charge in [0.05, 0.1) is 59.8 Å². The van der Waals surface area contributed by atoms with Crippen molar-refractivity contribution in [1.82, 2.24) is 0 Å². The third kappa shape index (κ3) is 6.75. The molecule has 280 valence electrons. The Labute approximate surface area is 286 Å². The van der Waals surface area contributed by atoms with E-state index in [0.29, 0.717) is 19.3 Å². The Hall–Kier alpha value is -0.520. The zero-order chi connectivity index (χ0) is 35.7. The molecule has 5 aliphatic heterocycles. The minimum absolute atomic E-state index is 0.0136. The second-order valence-corrected chi connectivity index (χ2v) is 16.3. The number of aliphatic hydroxyl groups excluding tert-OH is 2. The monoisotopic (exact) mass is 689 g/mol. The molecule has 5 heterocycles. The zero-order valence-electron chi connectivity index (χ0n) is 30.7. The van der Waals surface area contributed by atoms with E-state index >= 15 is 0 Å². The topological polar surface area (TPSA) is 181 Å². The molecule has 6 unspecified atom stereocenters. The van der Waals surface area contributed by atoms with Gasteiger partial charge in [-0.25, -0.2) is 0 Å². The van der Waals surface area contributed by atoms with Crippen molar-refractivity contribution in [3.63, 3.8) is 0 Å². The Morgan fingerprint density at radius 2 is 1.54 bits per heavy atom. The second kappa shape index (κ2) is 13.8. The fraction of sp³-hybridized carbons (Fsp3) is 1.00.